The summed E-state index contributed by atoms with van der Waals surface area (Å²) in [5, 5.41) is 0. The molecular weight excluding hydrogens is 283 g/mol. The Labute approximate surface area is 143 Å². The fourth-order valence-electron chi connectivity index (χ4n) is 3.85. The Balaban J connectivity index is 0.00000127. The highest BCUT2D eigenvalue weighted by Crippen LogP contribution is 2.31. The van der Waals surface area contributed by atoms with Gasteiger partial charge >= 0.3 is 0 Å². The molecule has 23 heavy (non-hydrogen) atoms. The summed E-state index contributed by atoms with van der Waals surface area (Å²) in [6.07, 6.45) is 12.3. The summed E-state index contributed by atoms with van der Waals surface area (Å²) in [5.74, 6) is 2.39. The fraction of sp³-hybridized carbons (Fsp3) is 0.727. The van der Waals surface area contributed by atoms with E-state index in [0.29, 0.717) is 5.92 Å². The second kappa shape index (κ2) is 11.6. The first-order valence-electron chi connectivity index (χ1n) is 9.88. The van der Waals surface area contributed by atoms with Gasteiger partial charge in [-0.25, -0.2) is 4.39 Å². The number of hydrogen-bond acceptors (Lipinski definition) is 0. The molecule has 1 fully saturated rings. The Kier molecular flexibility index (Phi) is 10.2. The lowest BCUT2D eigenvalue weighted by Crippen LogP contribution is -2.11. The van der Waals surface area contributed by atoms with Crippen LogP contribution in [0.4, 0.5) is 4.39 Å². The van der Waals surface area contributed by atoms with Crippen LogP contribution in [0.5, 0.6) is 0 Å². The van der Waals surface area contributed by atoms with Crippen molar-refractivity contribution in [2.24, 2.45) is 17.8 Å². The first-order valence-corrected chi connectivity index (χ1v) is 9.88. The minimum Gasteiger partial charge on any atom is -0.207 e. The van der Waals surface area contributed by atoms with Gasteiger partial charge in [-0.15, -0.1) is 0 Å². The zero-order valence-corrected chi connectivity index (χ0v) is 15.8. The zero-order valence-electron chi connectivity index (χ0n) is 15.8. The van der Waals surface area contributed by atoms with Crippen molar-refractivity contribution in [3.63, 3.8) is 0 Å². The van der Waals surface area contributed by atoms with E-state index in [1.807, 2.05) is 26.0 Å². The number of hydrogen-bond donors (Lipinski definition) is 0. The normalized spacial score (nSPS) is 18.0. The highest BCUT2D eigenvalue weighted by molar-refractivity contribution is 5.16. The molecule has 0 N–H and O–H groups in total. The molecule has 0 bridgehead atoms. The molecule has 132 valence electrons. The summed E-state index contributed by atoms with van der Waals surface area (Å²) in [6, 6.07) is 7.08. The van der Waals surface area contributed by atoms with Crippen molar-refractivity contribution >= 4 is 0 Å². The lowest BCUT2D eigenvalue weighted by atomic mass is 9.81. The van der Waals surface area contributed by atoms with Crippen LogP contribution >= 0.6 is 0 Å². The molecule has 2 rings (SSSR count). The second-order valence-electron chi connectivity index (χ2n) is 7.36. The number of benzene rings is 1. The zero-order chi connectivity index (χ0) is 17.1. The highest BCUT2D eigenvalue weighted by Gasteiger charge is 2.17. The van der Waals surface area contributed by atoms with Crippen LogP contribution in [0.15, 0.2) is 24.3 Å². The maximum absolute atomic E-state index is 13.2. The Hall–Kier alpha value is -0.850. The molecule has 0 heterocycles. The van der Waals surface area contributed by atoms with E-state index in [1.165, 1.54) is 57.4 Å². The summed E-state index contributed by atoms with van der Waals surface area (Å²) in [7, 11) is 0. The molecule has 0 aromatic heterocycles. The van der Waals surface area contributed by atoms with Gasteiger partial charge in [0.25, 0.3) is 0 Å². The predicted molar refractivity (Wildman–Crippen MR) is 100 cm³/mol. The van der Waals surface area contributed by atoms with Gasteiger partial charge in [0.2, 0.25) is 0 Å². The predicted octanol–water partition coefficient (Wildman–Crippen LogP) is 7.42. The highest BCUT2D eigenvalue weighted by atomic mass is 19.1. The first kappa shape index (κ1) is 20.2. The van der Waals surface area contributed by atoms with Gasteiger partial charge in [-0.05, 0) is 48.3 Å². The van der Waals surface area contributed by atoms with E-state index in [9.17, 15) is 4.39 Å². The fourth-order valence-corrected chi connectivity index (χ4v) is 3.85. The molecule has 0 nitrogen and oxygen atoms in total. The lowest BCUT2D eigenvalue weighted by molar-refractivity contribution is 0.280. The molecule has 0 radical (unpaired) electrons. The third-order valence-electron chi connectivity index (χ3n) is 5.09. The van der Waals surface area contributed by atoms with Gasteiger partial charge in [-0.1, -0.05) is 84.8 Å². The SMILES string of the molecule is CC.CC(CCC(C)CC1CCCCC1)Cc1cccc(F)c1. The van der Waals surface area contributed by atoms with E-state index in [-0.39, 0.29) is 5.82 Å². The quantitative estimate of drug-likeness (QED) is 0.490. The van der Waals surface area contributed by atoms with Gasteiger partial charge in [0.1, 0.15) is 5.82 Å². The van der Waals surface area contributed by atoms with E-state index in [0.717, 1.165) is 23.8 Å². The van der Waals surface area contributed by atoms with Gasteiger partial charge in [0, 0.05) is 0 Å². The van der Waals surface area contributed by atoms with Crippen LogP contribution in [-0.4, -0.2) is 0 Å². The smallest absolute Gasteiger partial charge is 0.123 e. The van der Waals surface area contributed by atoms with Crippen LogP contribution in [0.3, 0.4) is 0 Å². The molecule has 2 unspecified atom stereocenters. The standard InChI is InChI=1S/C20H31F.C2H6/c1-16(13-18-7-4-3-5-8-18)11-12-17(2)14-19-9-6-10-20(21)15-19;1-2/h6,9-10,15-18H,3-5,7-8,11-14H2,1-2H3;1-2H3. The number of halogens is 1. The van der Waals surface area contributed by atoms with E-state index in [2.05, 4.69) is 13.8 Å². The van der Waals surface area contributed by atoms with Crippen LogP contribution in [-0.2, 0) is 6.42 Å². The molecule has 0 amide bonds. The van der Waals surface area contributed by atoms with Crippen LogP contribution < -0.4 is 0 Å². The van der Waals surface area contributed by atoms with E-state index >= 15 is 0 Å². The van der Waals surface area contributed by atoms with Crippen molar-refractivity contribution < 1.29 is 4.39 Å². The minimum absolute atomic E-state index is 0.106. The average Bonchev–Trinajstić information content (AvgIpc) is 2.56. The van der Waals surface area contributed by atoms with Gasteiger partial charge < -0.3 is 0 Å². The Morgan fingerprint density at radius 3 is 2.30 bits per heavy atom. The molecule has 1 heteroatoms. The molecule has 0 saturated heterocycles. The molecule has 1 aliphatic rings. The van der Waals surface area contributed by atoms with Gasteiger partial charge in [0.15, 0.2) is 0 Å². The average molecular weight is 321 g/mol. The van der Waals surface area contributed by atoms with Crippen molar-refractivity contribution in [2.45, 2.75) is 85.5 Å². The summed E-state index contributed by atoms with van der Waals surface area (Å²) in [4.78, 5) is 0. The van der Waals surface area contributed by atoms with Gasteiger partial charge in [-0.3, -0.25) is 0 Å². The third kappa shape index (κ3) is 8.53. The Morgan fingerprint density at radius 1 is 1.00 bits per heavy atom. The molecule has 1 aliphatic carbocycles. The van der Waals surface area contributed by atoms with Crippen molar-refractivity contribution in [1.82, 2.24) is 0 Å². The second-order valence-corrected chi connectivity index (χ2v) is 7.36. The molecule has 0 spiro atoms. The van der Waals surface area contributed by atoms with E-state index in [4.69, 9.17) is 0 Å². The molecule has 1 saturated carbocycles. The summed E-state index contributed by atoms with van der Waals surface area (Å²) in [6.45, 7) is 8.72. The van der Waals surface area contributed by atoms with Crippen molar-refractivity contribution in [3.05, 3.63) is 35.6 Å². The summed E-state index contributed by atoms with van der Waals surface area (Å²) in [5.41, 5.74) is 1.14. The summed E-state index contributed by atoms with van der Waals surface area (Å²) < 4.78 is 13.2. The van der Waals surface area contributed by atoms with Crippen LogP contribution in [0.2, 0.25) is 0 Å². The number of rotatable bonds is 7. The third-order valence-corrected chi connectivity index (χ3v) is 5.09. The maximum Gasteiger partial charge on any atom is 0.123 e. The maximum atomic E-state index is 13.2. The largest absolute Gasteiger partial charge is 0.207 e. The van der Waals surface area contributed by atoms with Crippen molar-refractivity contribution in [1.29, 1.82) is 0 Å². The molecular formula is C22H37F. The molecule has 1 aromatic carbocycles. The first-order chi connectivity index (χ1) is 11.1. The van der Waals surface area contributed by atoms with Gasteiger partial charge in [0.05, 0.1) is 0 Å². The molecule has 1 aromatic rings. The molecule has 0 aliphatic heterocycles. The lowest BCUT2D eigenvalue weighted by Gasteiger charge is -2.25. The topological polar surface area (TPSA) is 0 Å². The molecule has 2 atom stereocenters. The van der Waals surface area contributed by atoms with Crippen LogP contribution in [0.1, 0.15) is 84.6 Å². The van der Waals surface area contributed by atoms with Gasteiger partial charge in [-0.2, -0.15) is 0 Å². The van der Waals surface area contributed by atoms with E-state index < -0.39 is 0 Å². The van der Waals surface area contributed by atoms with Crippen molar-refractivity contribution in [2.75, 3.05) is 0 Å². The van der Waals surface area contributed by atoms with E-state index in [1.54, 1.807) is 6.07 Å². The minimum atomic E-state index is -0.106. The van der Waals surface area contributed by atoms with Crippen LogP contribution in [0, 0.1) is 23.6 Å². The van der Waals surface area contributed by atoms with Crippen LogP contribution in [0.25, 0.3) is 0 Å². The monoisotopic (exact) mass is 320 g/mol. The summed E-state index contributed by atoms with van der Waals surface area (Å²) >= 11 is 0. The van der Waals surface area contributed by atoms with Crippen molar-refractivity contribution in [3.8, 4) is 0 Å². The Morgan fingerprint density at radius 2 is 1.65 bits per heavy atom. The Bertz CT molecular complexity index is 406.